The Hall–Kier alpha value is -3.66. The maximum Gasteiger partial charge on any atom is 0.332 e. The SMILES string of the molecule is Cc1ccc(N(C(=O)c2ccco2)C2CCN(CCC3(CCC(C(=O)O)(C(=O)O)C(=O)O)CCCCC3)CC2)cc1. The van der Waals surface area contributed by atoms with E-state index < -0.39 is 29.7 Å². The molecule has 0 unspecified atom stereocenters. The summed E-state index contributed by atoms with van der Waals surface area (Å²) in [6.07, 6.45) is 8.24. The number of likely N-dealkylation sites (tertiary alicyclic amines) is 1. The number of nitrogens with zero attached hydrogens (tertiary/aromatic N) is 2. The summed E-state index contributed by atoms with van der Waals surface area (Å²) in [4.78, 5) is 53.0. The van der Waals surface area contributed by atoms with Crippen LogP contribution in [0.3, 0.4) is 0 Å². The predicted octanol–water partition coefficient (Wildman–Crippen LogP) is 5.06. The molecule has 41 heavy (non-hydrogen) atoms. The second kappa shape index (κ2) is 12.9. The number of aliphatic carboxylic acids is 3. The number of hydrogen-bond acceptors (Lipinski definition) is 6. The summed E-state index contributed by atoms with van der Waals surface area (Å²) in [5.41, 5.74) is -1.18. The molecular formula is C31H40N2O8. The number of carboxylic acid groups (broad SMARTS) is 3. The van der Waals surface area contributed by atoms with E-state index in [0.717, 1.165) is 82.3 Å². The third kappa shape index (κ3) is 6.64. The van der Waals surface area contributed by atoms with E-state index in [1.165, 1.54) is 6.26 Å². The molecule has 4 rings (SSSR count). The third-order valence-corrected chi connectivity index (χ3v) is 9.18. The second-order valence-corrected chi connectivity index (χ2v) is 11.7. The van der Waals surface area contributed by atoms with E-state index >= 15 is 0 Å². The van der Waals surface area contributed by atoms with Crippen molar-refractivity contribution in [3.63, 3.8) is 0 Å². The van der Waals surface area contributed by atoms with E-state index in [4.69, 9.17) is 4.42 Å². The van der Waals surface area contributed by atoms with Crippen molar-refractivity contribution in [2.75, 3.05) is 24.5 Å². The molecule has 222 valence electrons. The van der Waals surface area contributed by atoms with Gasteiger partial charge < -0.3 is 29.5 Å². The molecule has 2 heterocycles. The molecule has 2 aliphatic rings. The van der Waals surface area contributed by atoms with Crippen molar-refractivity contribution in [1.29, 1.82) is 0 Å². The summed E-state index contributed by atoms with van der Waals surface area (Å²) >= 11 is 0. The lowest BCUT2D eigenvalue weighted by molar-refractivity contribution is -0.176. The molecule has 0 spiro atoms. The van der Waals surface area contributed by atoms with Gasteiger partial charge in [0.1, 0.15) is 0 Å². The minimum Gasteiger partial charge on any atom is -0.480 e. The Bertz CT molecular complexity index is 1170. The van der Waals surface area contributed by atoms with Gasteiger partial charge in [0.2, 0.25) is 0 Å². The fraction of sp³-hybridized carbons (Fsp3) is 0.548. The van der Waals surface area contributed by atoms with Crippen LogP contribution in [0, 0.1) is 17.8 Å². The van der Waals surface area contributed by atoms with Gasteiger partial charge in [0, 0.05) is 24.8 Å². The fourth-order valence-electron chi connectivity index (χ4n) is 6.49. The number of furan rings is 1. The molecule has 0 bridgehead atoms. The van der Waals surface area contributed by atoms with E-state index in [2.05, 4.69) is 4.90 Å². The van der Waals surface area contributed by atoms with Crippen molar-refractivity contribution in [2.24, 2.45) is 10.8 Å². The van der Waals surface area contributed by atoms with E-state index in [1.807, 2.05) is 36.1 Å². The maximum absolute atomic E-state index is 13.4. The van der Waals surface area contributed by atoms with Crippen molar-refractivity contribution < 1.29 is 38.9 Å². The Labute approximate surface area is 239 Å². The molecule has 1 aliphatic heterocycles. The van der Waals surface area contributed by atoms with Crippen LogP contribution in [0.2, 0.25) is 0 Å². The molecule has 10 nitrogen and oxygen atoms in total. The van der Waals surface area contributed by atoms with E-state index in [0.29, 0.717) is 5.76 Å². The van der Waals surface area contributed by atoms with Crippen LogP contribution >= 0.6 is 0 Å². The van der Waals surface area contributed by atoms with Crippen molar-refractivity contribution in [3.8, 4) is 0 Å². The predicted molar refractivity (Wildman–Crippen MR) is 151 cm³/mol. The summed E-state index contributed by atoms with van der Waals surface area (Å²) in [6, 6.07) is 11.3. The van der Waals surface area contributed by atoms with Crippen LogP contribution in [0.25, 0.3) is 0 Å². The molecular weight excluding hydrogens is 528 g/mol. The number of rotatable bonds is 12. The lowest BCUT2D eigenvalue weighted by Crippen LogP contribution is -2.49. The molecule has 1 aliphatic carbocycles. The topological polar surface area (TPSA) is 149 Å². The number of benzene rings is 1. The zero-order valence-electron chi connectivity index (χ0n) is 23.6. The van der Waals surface area contributed by atoms with Crippen LogP contribution in [0.4, 0.5) is 5.69 Å². The van der Waals surface area contributed by atoms with Gasteiger partial charge in [-0.3, -0.25) is 19.2 Å². The number of aryl methyl sites for hydroxylation is 1. The molecule has 3 N–H and O–H groups in total. The average molecular weight is 569 g/mol. The molecule has 1 saturated carbocycles. The van der Waals surface area contributed by atoms with E-state index in [9.17, 15) is 34.5 Å². The smallest absolute Gasteiger partial charge is 0.332 e. The monoisotopic (exact) mass is 568 g/mol. The van der Waals surface area contributed by atoms with Gasteiger partial charge >= 0.3 is 17.9 Å². The zero-order valence-corrected chi connectivity index (χ0v) is 23.6. The summed E-state index contributed by atoms with van der Waals surface area (Å²) in [6.45, 7) is 4.31. The Morgan fingerprint density at radius 2 is 1.54 bits per heavy atom. The van der Waals surface area contributed by atoms with Crippen LogP contribution < -0.4 is 4.90 Å². The third-order valence-electron chi connectivity index (χ3n) is 9.18. The number of carbonyl (C=O) groups excluding carboxylic acids is 1. The minimum absolute atomic E-state index is 0.00230. The first-order valence-corrected chi connectivity index (χ1v) is 14.4. The van der Waals surface area contributed by atoms with Gasteiger partial charge in [0.15, 0.2) is 5.76 Å². The highest BCUT2D eigenvalue weighted by molar-refractivity contribution is 6.16. The maximum atomic E-state index is 13.4. The normalized spacial score (nSPS) is 18.1. The highest BCUT2D eigenvalue weighted by Gasteiger charge is 2.55. The van der Waals surface area contributed by atoms with Crippen molar-refractivity contribution in [2.45, 2.75) is 77.2 Å². The van der Waals surface area contributed by atoms with Gasteiger partial charge in [-0.1, -0.05) is 37.0 Å². The number of carboxylic acids is 3. The van der Waals surface area contributed by atoms with Crippen LogP contribution in [-0.4, -0.2) is 69.7 Å². The Balaban J connectivity index is 1.42. The van der Waals surface area contributed by atoms with Crippen molar-refractivity contribution in [3.05, 3.63) is 54.0 Å². The molecule has 1 aromatic carbocycles. The van der Waals surface area contributed by atoms with Gasteiger partial charge in [0.05, 0.1) is 6.26 Å². The molecule has 1 saturated heterocycles. The van der Waals surface area contributed by atoms with Crippen molar-refractivity contribution in [1.82, 2.24) is 4.90 Å². The first-order valence-electron chi connectivity index (χ1n) is 14.4. The van der Waals surface area contributed by atoms with E-state index in [1.54, 1.807) is 12.1 Å². The number of amides is 1. The first kappa shape index (κ1) is 30.3. The highest BCUT2D eigenvalue weighted by Crippen LogP contribution is 2.46. The fourth-order valence-corrected chi connectivity index (χ4v) is 6.49. The average Bonchev–Trinajstić information content (AvgIpc) is 3.49. The number of hydrogen-bond donors (Lipinski definition) is 3. The zero-order chi connectivity index (χ0) is 29.6. The number of anilines is 1. The quantitative estimate of drug-likeness (QED) is 0.299. The molecule has 0 atom stereocenters. The molecule has 1 aromatic heterocycles. The van der Waals surface area contributed by atoms with Gasteiger partial charge in [-0.05, 0) is 88.1 Å². The number of piperidine rings is 1. The number of carbonyl (C=O) groups is 4. The van der Waals surface area contributed by atoms with Gasteiger partial charge in [-0.15, -0.1) is 0 Å². The Morgan fingerprint density at radius 1 is 0.927 bits per heavy atom. The van der Waals surface area contributed by atoms with Gasteiger partial charge in [0.25, 0.3) is 11.3 Å². The molecule has 0 radical (unpaired) electrons. The summed E-state index contributed by atoms with van der Waals surface area (Å²) in [5, 5.41) is 28.7. The van der Waals surface area contributed by atoms with Gasteiger partial charge in [-0.2, -0.15) is 0 Å². The Morgan fingerprint density at radius 3 is 2.07 bits per heavy atom. The van der Waals surface area contributed by atoms with E-state index in [-0.39, 0.29) is 23.8 Å². The highest BCUT2D eigenvalue weighted by atomic mass is 16.4. The lowest BCUT2D eigenvalue weighted by atomic mass is 9.66. The van der Waals surface area contributed by atoms with Crippen LogP contribution in [0.15, 0.2) is 47.1 Å². The second-order valence-electron chi connectivity index (χ2n) is 11.7. The molecule has 2 fully saturated rings. The van der Waals surface area contributed by atoms with Crippen molar-refractivity contribution >= 4 is 29.5 Å². The molecule has 1 amide bonds. The minimum atomic E-state index is -2.83. The summed E-state index contributed by atoms with van der Waals surface area (Å²) < 4.78 is 5.43. The van der Waals surface area contributed by atoms with Crippen LogP contribution in [0.1, 0.15) is 80.3 Å². The largest absolute Gasteiger partial charge is 0.480 e. The molecule has 2 aromatic rings. The lowest BCUT2D eigenvalue weighted by Gasteiger charge is -2.42. The molecule has 10 heteroatoms. The first-order chi connectivity index (χ1) is 19.6. The van der Waals surface area contributed by atoms with Gasteiger partial charge in [-0.25, -0.2) is 0 Å². The summed E-state index contributed by atoms with van der Waals surface area (Å²) in [7, 11) is 0. The standard InChI is InChI=1S/C31H40N2O8/c1-22-7-9-23(10-8-22)33(26(34)25-6-5-21-41-25)24-11-18-32(19-12-24)20-17-30(13-3-2-4-14-30)15-16-31(27(35)36,28(37)38)29(39)40/h5-10,21,24H,2-4,11-20H2,1H3,(H,35,36)(H,37,38)(H,39,40). The summed E-state index contributed by atoms with van der Waals surface area (Å²) in [5.74, 6) is -5.35. The van der Waals surface area contributed by atoms with Crippen LogP contribution in [0.5, 0.6) is 0 Å². The van der Waals surface area contributed by atoms with Crippen LogP contribution in [-0.2, 0) is 14.4 Å². The Kier molecular flexibility index (Phi) is 9.53.